The Morgan fingerprint density at radius 3 is 2.58 bits per heavy atom. The first-order chi connectivity index (χ1) is 11.7. The fourth-order valence-electron chi connectivity index (χ4n) is 4.35. The van der Waals surface area contributed by atoms with Crippen molar-refractivity contribution < 1.29 is 14.0 Å². The molecule has 1 saturated carbocycles. The maximum absolute atomic E-state index is 12.7. The summed E-state index contributed by atoms with van der Waals surface area (Å²) in [6, 6.07) is 3.49. The van der Waals surface area contributed by atoms with E-state index in [1.165, 1.54) is 12.8 Å². The smallest absolute Gasteiger partial charge is 0.290 e. The molecule has 2 saturated heterocycles. The van der Waals surface area contributed by atoms with Crippen LogP contribution in [-0.2, 0) is 4.79 Å². The normalized spacial score (nSPS) is 24.0. The SMILES string of the molecule is O=C(C1CCCC1)N1CCC2(CC1)SCCN2C(=O)c1ccco1. The van der Waals surface area contributed by atoms with E-state index in [1.807, 2.05) is 21.6 Å². The van der Waals surface area contributed by atoms with E-state index < -0.39 is 0 Å². The van der Waals surface area contributed by atoms with E-state index in [-0.39, 0.29) is 16.7 Å². The number of carbonyl (C=O) groups is 2. The molecule has 3 aliphatic rings. The van der Waals surface area contributed by atoms with Crippen LogP contribution >= 0.6 is 11.8 Å². The van der Waals surface area contributed by atoms with Crippen LogP contribution in [0.15, 0.2) is 22.8 Å². The number of carbonyl (C=O) groups excluding carboxylic acids is 2. The zero-order chi connectivity index (χ0) is 16.6. The van der Waals surface area contributed by atoms with Gasteiger partial charge in [0.25, 0.3) is 5.91 Å². The molecule has 0 N–H and O–H groups in total. The van der Waals surface area contributed by atoms with Crippen molar-refractivity contribution in [3.63, 3.8) is 0 Å². The number of piperidine rings is 1. The molecule has 0 aromatic carbocycles. The van der Waals surface area contributed by atoms with E-state index in [0.29, 0.717) is 11.7 Å². The highest BCUT2D eigenvalue weighted by atomic mass is 32.2. The van der Waals surface area contributed by atoms with Crippen molar-refractivity contribution in [1.82, 2.24) is 9.80 Å². The van der Waals surface area contributed by atoms with Gasteiger partial charge in [-0.15, -0.1) is 11.8 Å². The summed E-state index contributed by atoms with van der Waals surface area (Å²) in [6.07, 6.45) is 7.76. The summed E-state index contributed by atoms with van der Waals surface area (Å²) < 4.78 is 5.30. The van der Waals surface area contributed by atoms with Crippen molar-refractivity contribution in [1.29, 1.82) is 0 Å². The van der Waals surface area contributed by atoms with E-state index >= 15 is 0 Å². The van der Waals surface area contributed by atoms with Crippen LogP contribution in [0.1, 0.15) is 49.1 Å². The molecule has 3 fully saturated rings. The minimum absolute atomic E-state index is 0.0134. The maximum Gasteiger partial charge on any atom is 0.290 e. The molecule has 0 atom stereocenters. The Balaban J connectivity index is 1.43. The van der Waals surface area contributed by atoms with E-state index in [9.17, 15) is 9.59 Å². The molecule has 0 unspecified atom stereocenters. The largest absolute Gasteiger partial charge is 0.459 e. The second-order valence-electron chi connectivity index (χ2n) is 7.04. The topological polar surface area (TPSA) is 53.8 Å². The molecule has 4 rings (SSSR count). The lowest BCUT2D eigenvalue weighted by Crippen LogP contribution is -2.54. The summed E-state index contributed by atoms with van der Waals surface area (Å²) in [7, 11) is 0. The molecule has 3 heterocycles. The van der Waals surface area contributed by atoms with Crippen LogP contribution in [0.25, 0.3) is 0 Å². The van der Waals surface area contributed by atoms with Crippen molar-refractivity contribution in [2.45, 2.75) is 43.4 Å². The second-order valence-corrected chi connectivity index (χ2v) is 8.49. The number of nitrogens with zero attached hydrogens (tertiary/aromatic N) is 2. The third-order valence-electron chi connectivity index (χ3n) is 5.72. The molecule has 6 heteroatoms. The Morgan fingerprint density at radius 1 is 1.17 bits per heavy atom. The third-order valence-corrected chi connectivity index (χ3v) is 7.27. The molecular weight excluding hydrogens is 324 g/mol. The number of rotatable bonds is 2. The first-order valence-corrected chi connectivity index (χ1v) is 9.96. The molecule has 1 spiro atoms. The second kappa shape index (κ2) is 6.47. The molecule has 2 amide bonds. The molecule has 0 radical (unpaired) electrons. The van der Waals surface area contributed by atoms with Crippen LogP contribution in [0, 0.1) is 5.92 Å². The van der Waals surface area contributed by atoms with Gasteiger partial charge in [-0.2, -0.15) is 0 Å². The minimum Gasteiger partial charge on any atom is -0.459 e. The van der Waals surface area contributed by atoms with Crippen molar-refractivity contribution in [3.05, 3.63) is 24.2 Å². The molecule has 1 aliphatic carbocycles. The molecule has 1 aromatic heterocycles. The fourth-order valence-corrected chi connectivity index (χ4v) is 5.81. The third kappa shape index (κ3) is 2.75. The van der Waals surface area contributed by atoms with Gasteiger partial charge in [0.1, 0.15) is 0 Å². The zero-order valence-corrected chi connectivity index (χ0v) is 14.7. The fraction of sp³-hybridized carbons (Fsp3) is 0.667. The molecule has 5 nitrogen and oxygen atoms in total. The van der Waals surface area contributed by atoms with Crippen LogP contribution in [-0.4, -0.2) is 51.9 Å². The Hall–Kier alpha value is -1.43. The number of thioether (sulfide) groups is 1. The summed E-state index contributed by atoms with van der Waals surface area (Å²) in [5.74, 6) is 1.95. The average molecular weight is 348 g/mol. The van der Waals surface area contributed by atoms with Crippen LogP contribution in [0.2, 0.25) is 0 Å². The average Bonchev–Trinajstić information content (AvgIpc) is 3.36. The van der Waals surface area contributed by atoms with E-state index in [2.05, 4.69) is 0 Å². The van der Waals surface area contributed by atoms with Gasteiger partial charge in [-0.3, -0.25) is 9.59 Å². The molecular formula is C18H24N2O3S. The maximum atomic E-state index is 12.7. The van der Waals surface area contributed by atoms with E-state index in [4.69, 9.17) is 4.42 Å². The molecule has 0 bridgehead atoms. The monoisotopic (exact) mass is 348 g/mol. The lowest BCUT2D eigenvalue weighted by Gasteiger charge is -2.44. The van der Waals surface area contributed by atoms with Gasteiger partial charge < -0.3 is 14.2 Å². The van der Waals surface area contributed by atoms with Gasteiger partial charge in [0.15, 0.2) is 5.76 Å². The molecule has 1 aromatic rings. The Morgan fingerprint density at radius 2 is 1.92 bits per heavy atom. The highest BCUT2D eigenvalue weighted by molar-refractivity contribution is 8.00. The predicted molar refractivity (Wildman–Crippen MR) is 92.7 cm³/mol. The van der Waals surface area contributed by atoms with Gasteiger partial charge in [0.05, 0.1) is 11.1 Å². The van der Waals surface area contributed by atoms with Gasteiger partial charge in [0.2, 0.25) is 5.91 Å². The van der Waals surface area contributed by atoms with Crippen LogP contribution in [0.3, 0.4) is 0 Å². The van der Waals surface area contributed by atoms with Gasteiger partial charge in [-0.05, 0) is 37.8 Å². The molecule has 24 heavy (non-hydrogen) atoms. The summed E-state index contributed by atoms with van der Waals surface area (Å²) in [5, 5.41) is 0. The molecule has 130 valence electrons. The lowest BCUT2D eigenvalue weighted by atomic mass is 9.99. The van der Waals surface area contributed by atoms with E-state index in [0.717, 1.165) is 51.1 Å². The van der Waals surface area contributed by atoms with E-state index in [1.54, 1.807) is 18.4 Å². The zero-order valence-electron chi connectivity index (χ0n) is 13.9. The lowest BCUT2D eigenvalue weighted by molar-refractivity contribution is -0.137. The minimum atomic E-state index is -0.156. The van der Waals surface area contributed by atoms with Crippen molar-refractivity contribution in [2.75, 3.05) is 25.4 Å². The summed E-state index contributed by atoms with van der Waals surface area (Å²) >= 11 is 1.87. The van der Waals surface area contributed by atoms with Gasteiger partial charge in [-0.25, -0.2) is 0 Å². The van der Waals surface area contributed by atoms with Gasteiger partial charge in [0, 0.05) is 31.3 Å². The quantitative estimate of drug-likeness (QED) is 0.824. The highest BCUT2D eigenvalue weighted by Gasteiger charge is 2.48. The van der Waals surface area contributed by atoms with Crippen molar-refractivity contribution in [2.24, 2.45) is 5.92 Å². The van der Waals surface area contributed by atoms with Crippen LogP contribution in [0.5, 0.6) is 0 Å². The predicted octanol–water partition coefficient (Wildman–Crippen LogP) is 2.98. The number of likely N-dealkylation sites (tertiary alicyclic amines) is 1. The Bertz CT molecular complexity index is 602. The summed E-state index contributed by atoms with van der Waals surface area (Å²) in [4.78, 5) is 29.2. The highest BCUT2D eigenvalue weighted by Crippen LogP contribution is 2.45. The number of amides is 2. The van der Waals surface area contributed by atoms with Crippen LogP contribution < -0.4 is 0 Å². The standard InChI is InChI=1S/C18H24N2O3S/c21-16(14-4-1-2-5-14)19-9-7-18(8-10-19)20(11-13-24-18)17(22)15-6-3-12-23-15/h3,6,12,14H,1-2,4-5,7-11,13H2. The number of hydrogen-bond donors (Lipinski definition) is 0. The van der Waals surface area contributed by atoms with Gasteiger partial charge in [-0.1, -0.05) is 12.8 Å². The van der Waals surface area contributed by atoms with Crippen LogP contribution in [0.4, 0.5) is 0 Å². The number of hydrogen-bond acceptors (Lipinski definition) is 4. The number of furan rings is 1. The van der Waals surface area contributed by atoms with Gasteiger partial charge >= 0.3 is 0 Å². The van der Waals surface area contributed by atoms with Crippen molar-refractivity contribution in [3.8, 4) is 0 Å². The van der Waals surface area contributed by atoms with Crippen molar-refractivity contribution >= 4 is 23.6 Å². The molecule has 2 aliphatic heterocycles. The summed E-state index contributed by atoms with van der Waals surface area (Å²) in [5.41, 5.74) is 0. The Labute approximate surface area is 146 Å². The Kier molecular flexibility index (Phi) is 4.33. The first-order valence-electron chi connectivity index (χ1n) is 8.98. The summed E-state index contributed by atoms with van der Waals surface area (Å²) in [6.45, 7) is 2.30. The first kappa shape index (κ1) is 16.1.